The lowest BCUT2D eigenvalue weighted by Crippen LogP contribution is -2.34. The van der Waals surface area contributed by atoms with Crippen LogP contribution in [0.3, 0.4) is 0 Å². The van der Waals surface area contributed by atoms with Gasteiger partial charge in [-0.15, -0.1) is 0 Å². The molecule has 0 aliphatic heterocycles. The highest BCUT2D eigenvalue weighted by molar-refractivity contribution is 7.46. The van der Waals surface area contributed by atoms with Crippen LogP contribution >= 0.6 is 8.38 Å². The molecule has 0 aliphatic carbocycles. The van der Waals surface area contributed by atoms with Crippen LogP contribution in [0.25, 0.3) is 5.70 Å². The van der Waals surface area contributed by atoms with Gasteiger partial charge in [0.15, 0.2) is 14.2 Å². The molecule has 10 nitrogen and oxygen atoms in total. The van der Waals surface area contributed by atoms with Crippen LogP contribution in [0.2, 0.25) is 0 Å². The number of allylic oxidation sites excluding steroid dienone is 2. The van der Waals surface area contributed by atoms with Gasteiger partial charge in [-0.05, 0) is 61.0 Å². The van der Waals surface area contributed by atoms with E-state index < -0.39 is 25.9 Å². The molecule has 39 heavy (non-hydrogen) atoms. The highest BCUT2D eigenvalue weighted by Gasteiger charge is 2.21. The van der Waals surface area contributed by atoms with Gasteiger partial charge in [-0.3, -0.25) is 9.59 Å². The number of carbonyl (C=O) groups excluding carboxylic acids is 1. The van der Waals surface area contributed by atoms with E-state index in [1.54, 1.807) is 7.11 Å². The lowest BCUT2D eigenvalue weighted by Gasteiger charge is -2.21. The van der Waals surface area contributed by atoms with Crippen molar-refractivity contribution in [2.24, 2.45) is 11.5 Å². The van der Waals surface area contributed by atoms with Gasteiger partial charge >= 0.3 is 0 Å². The minimum absolute atomic E-state index is 0.135. The van der Waals surface area contributed by atoms with Crippen molar-refractivity contribution in [3.63, 3.8) is 0 Å². The SMILES string of the molecule is CCOP(Cc1ccc(C(NC(=O)c2cnc(/C(N)=C/C=C\N)[nH]c2=O)c2ccc(OC)cc2)cc1)OCC. The van der Waals surface area contributed by atoms with Gasteiger partial charge in [-0.1, -0.05) is 36.4 Å². The number of methoxy groups -OCH3 is 1. The minimum atomic E-state index is -1.02. The third-order valence-corrected chi connectivity index (χ3v) is 7.32. The molecule has 2 aromatic carbocycles. The Hall–Kier alpha value is -3.98. The highest BCUT2D eigenvalue weighted by Crippen LogP contribution is 2.42. The van der Waals surface area contributed by atoms with Crippen molar-refractivity contribution >= 4 is 20.0 Å². The third kappa shape index (κ3) is 8.25. The molecule has 11 heteroatoms. The van der Waals surface area contributed by atoms with Crippen molar-refractivity contribution in [3.8, 4) is 5.75 Å². The molecule has 0 saturated heterocycles. The van der Waals surface area contributed by atoms with E-state index in [0.29, 0.717) is 25.1 Å². The summed E-state index contributed by atoms with van der Waals surface area (Å²) in [6, 6.07) is 14.7. The van der Waals surface area contributed by atoms with Gasteiger partial charge in [0, 0.05) is 12.4 Å². The molecule has 1 aromatic heterocycles. The zero-order valence-corrected chi connectivity index (χ0v) is 23.1. The number of nitrogens with one attached hydrogen (secondary N) is 2. The summed E-state index contributed by atoms with van der Waals surface area (Å²) < 4.78 is 16.7. The molecule has 0 radical (unpaired) electrons. The van der Waals surface area contributed by atoms with Crippen LogP contribution < -0.4 is 27.1 Å². The van der Waals surface area contributed by atoms with Crippen LogP contribution in [0, 0.1) is 0 Å². The number of benzene rings is 2. The molecule has 1 heterocycles. The van der Waals surface area contributed by atoms with E-state index in [4.69, 9.17) is 25.3 Å². The monoisotopic (exact) mass is 551 g/mol. The van der Waals surface area contributed by atoms with Crippen molar-refractivity contribution < 1.29 is 18.6 Å². The van der Waals surface area contributed by atoms with E-state index in [1.807, 2.05) is 62.4 Å². The summed E-state index contributed by atoms with van der Waals surface area (Å²) in [6.07, 6.45) is 6.16. The topological polar surface area (TPSA) is 155 Å². The van der Waals surface area contributed by atoms with E-state index in [2.05, 4.69) is 15.3 Å². The fourth-order valence-electron chi connectivity index (χ4n) is 3.69. The molecular weight excluding hydrogens is 517 g/mol. The van der Waals surface area contributed by atoms with Crippen LogP contribution in [0.1, 0.15) is 52.8 Å². The standard InChI is InChI=1S/C28H34N5O5P/c1-4-37-39(38-5-2)18-19-8-10-20(11-9-19)25(21-12-14-22(36-3)15-13-21)32-27(34)23-17-31-26(33-28(23)35)24(30)7-6-16-29/h6-17,25H,4-5,18,29-30H2,1-3H3,(H,32,34)(H,31,33,35)/b16-6-,24-7-. The first kappa shape index (κ1) is 29.6. The van der Waals surface area contributed by atoms with Gasteiger partial charge in [-0.2, -0.15) is 0 Å². The molecule has 1 atom stereocenters. The summed E-state index contributed by atoms with van der Waals surface area (Å²) in [4.78, 5) is 32.7. The van der Waals surface area contributed by atoms with Crippen LogP contribution in [0.15, 0.2) is 77.9 Å². The summed E-state index contributed by atoms with van der Waals surface area (Å²) in [5, 5.41) is 2.97. The van der Waals surface area contributed by atoms with Crippen LogP contribution in [0.4, 0.5) is 0 Å². The molecule has 0 spiro atoms. The van der Waals surface area contributed by atoms with Crippen molar-refractivity contribution in [1.29, 1.82) is 0 Å². The van der Waals surface area contributed by atoms with Crippen molar-refractivity contribution in [1.82, 2.24) is 15.3 Å². The molecule has 0 saturated carbocycles. The Bertz CT molecular complexity index is 1330. The molecule has 1 unspecified atom stereocenters. The first-order valence-corrected chi connectivity index (χ1v) is 13.8. The number of amides is 1. The fourth-order valence-corrected chi connectivity index (χ4v) is 5.03. The maximum atomic E-state index is 13.3. The van der Waals surface area contributed by atoms with Crippen molar-refractivity contribution in [2.75, 3.05) is 20.3 Å². The van der Waals surface area contributed by atoms with Crippen LogP contribution in [-0.2, 0) is 15.2 Å². The van der Waals surface area contributed by atoms with Gasteiger partial charge < -0.3 is 35.6 Å². The van der Waals surface area contributed by atoms with Gasteiger partial charge in [0.25, 0.3) is 11.5 Å². The van der Waals surface area contributed by atoms with Gasteiger partial charge in [-0.25, -0.2) is 4.98 Å². The Kier molecular flexibility index (Phi) is 11.2. The van der Waals surface area contributed by atoms with Gasteiger partial charge in [0.2, 0.25) is 0 Å². The van der Waals surface area contributed by atoms with Crippen LogP contribution in [0.5, 0.6) is 5.75 Å². The maximum Gasteiger partial charge on any atom is 0.264 e. The lowest BCUT2D eigenvalue weighted by molar-refractivity contribution is 0.0941. The Balaban J connectivity index is 1.89. The molecule has 0 aliphatic rings. The number of ether oxygens (including phenoxy) is 1. The molecule has 0 fully saturated rings. The van der Waals surface area contributed by atoms with E-state index in [9.17, 15) is 9.59 Å². The average molecular weight is 552 g/mol. The summed E-state index contributed by atoms with van der Waals surface area (Å²) in [5.74, 6) is 0.238. The molecule has 3 rings (SSSR count). The number of nitrogens with zero attached hydrogens (tertiary/aromatic N) is 1. The largest absolute Gasteiger partial charge is 0.497 e. The van der Waals surface area contributed by atoms with E-state index in [1.165, 1.54) is 24.5 Å². The Labute approximate surface area is 229 Å². The van der Waals surface area contributed by atoms with Gasteiger partial charge in [0.05, 0.1) is 32.1 Å². The van der Waals surface area contributed by atoms with E-state index >= 15 is 0 Å². The van der Waals surface area contributed by atoms with Crippen molar-refractivity contribution in [3.05, 3.63) is 112 Å². The Morgan fingerprint density at radius 1 is 1.08 bits per heavy atom. The first-order chi connectivity index (χ1) is 18.9. The fraction of sp³-hybridized carbons (Fsp3) is 0.250. The molecule has 206 valence electrons. The summed E-state index contributed by atoms with van der Waals surface area (Å²) in [5.41, 5.74) is 13.4. The number of nitrogens with two attached hydrogens (primary N) is 2. The number of hydrogen-bond donors (Lipinski definition) is 4. The smallest absolute Gasteiger partial charge is 0.264 e. The molecule has 3 aromatic rings. The number of aromatic nitrogens is 2. The Morgan fingerprint density at radius 3 is 2.23 bits per heavy atom. The van der Waals surface area contributed by atoms with Gasteiger partial charge in [0.1, 0.15) is 11.3 Å². The molecule has 1 amide bonds. The lowest BCUT2D eigenvalue weighted by atomic mass is 9.97. The number of carbonyl (C=O) groups is 1. The number of hydrogen-bond acceptors (Lipinski definition) is 8. The zero-order valence-electron chi connectivity index (χ0n) is 22.2. The van der Waals surface area contributed by atoms with Crippen molar-refractivity contribution in [2.45, 2.75) is 26.1 Å². The summed E-state index contributed by atoms with van der Waals surface area (Å²) >= 11 is 0. The van der Waals surface area contributed by atoms with E-state index in [-0.39, 0.29) is 17.1 Å². The van der Waals surface area contributed by atoms with Crippen LogP contribution in [-0.4, -0.2) is 36.2 Å². The number of H-pyrrole nitrogens is 1. The Morgan fingerprint density at radius 2 is 1.69 bits per heavy atom. The summed E-state index contributed by atoms with van der Waals surface area (Å²) in [7, 11) is 0.565. The normalized spacial score (nSPS) is 12.6. The minimum Gasteiger partial charge on any atom is -0.497 e. The average Bonchev–Trinajstić information content (AvgIpc) is 2.95. The number of rotatable bonds is 13. The third-order valence-electron chi connectivity index (χ3n) is 5.60. The summed E-state index contributed by atoms with van der Waals surface area (Å²) in [6.45, 7) is 5.05. The predicted octanol–water partition coefficient (Wildman–Crippen LogP) is 3.95. The quantitative estimate of drug-likeness (QED) is 0.184. The number of aromatic amines is 1. The second-order valence-electron chi connectivity index (χ2n) is 8.23. The second kappa shape index (κ2) is 14.8. The second-order valence-corrected chi connectivity index (χ2v) is 9.73. The first-order valence-electron chi connectivity index (χ1n) is 12.4. The molecule has 6 N–H and O–H groups in total. The molecule has 0 bridgehead atoms. The zero-order chi connectivity index (χ0) is 28.2. The predicted molar refractivity (Wildman–Crippen MR) is 153 cm³/mol. The van der Waals surface area contributed by atoms with E-state index in [0.717, 1.165) is 16.7 Å². The highest BCUT2D eigenvalue weighted by atomic mass is 31.2. The maximum absolute atomic E-state index is 13.3. The molecular formula is C28H34N5O5P.